The van der Waals surface area contributed by atoms with Gasteiger partial charge in [-0.1, -0.05) is 47.1 Å². The van der Waals surface area contributed by atoms with E-state index in [1.807, 2.05) is 25.6 Å². The minimum atomic E-state index is -0.137. The molecule has 0 bridgehead atoms. The Morgan fingerprint density at radius 2 is 1.74 bits per heavy atom. The van der Waals surface area contributed by atoms with Crippen LogP contribution in [0.4, 0.5) is 0 Å². The number of aromatic nitrogens is 1. The van der Waals surface area contributed by atoms with Gasteiger partial charge in [0.05, 0.1) is 11.5 Å². The van der Waals surface area contributed by atoms with Crippen molar-refractivity contribution < 1.29 is 9.53 Å². The largest absolute Gasteiger partial charge is 0.381 e. The topological polar surface area (TPSA) is 51.2 Å². The van der Waals surface area contributed by atoms with Gasteiger partial charge >= 0.3 is 0 Å². The molecule has 0 radical (unpaired) electrons. The van der Waals surface area contributed by atoms with Gasteiger partial charge in [-0.15, -0.1) is 0 Å². The van der Waals surface area contributed by atoms with Crippen LogP contribution in [0.3, 0.4) is 0 Å². The number of carbonyl (C=O) groups is 1. The lowest BCUT2D eigenvalue weighted by Gasteiger charge is -2.72. The number of ether oxygens (including phenoxy) is 1. The Hall–Kier alpha value is -1.42. The average molecular weight is 535 g/mol. The van der Waals surface area contributed by atoms with Gasteiger partial charge in [-0.2, -0.15) is 0 Å². The highest BCUT2D eigenvalue weighted by atomic mass is 16.5. The maximum atomic E-state index is 14.0. The summed E-state index contributed by atoms with van der Waals surface area (Å²) in [7, 11) is 1.93. The highest BCUT2D eigenvalue weighted by molar-refractivity contribution is 5.83. The van der Waals surface area contributed by atoms with E-state index in [1.54, 1.807) is 0 Å². The molecule has 0 saturated heterocycles. The second-order valence-corrected chi connectivity index (χ2v) is 15.8. The molecule has 1 aromatic rings. The molecule has 4 heteroatoms. The fourth-order valence-corrected chi connectivity index (χ4v) is 12.4. The van der Waals surface area contributed by atoms with Gasteiger partial charge in [0.2, 0.25) is 5.91 Å². The molecular formula is C35H54N2O2. The number of hydrogen-bond donors (Lipinski definition) is 1. The van der Waals surface area contributed by atoms with Crippen molar-refractivity contribution in [1.82, 2.24) is 10.3 Å². The number of pyridine rings is 1. The predicted octanol–water partition coefficient (Wildman–Crippen LogP) is 7.61. The maximum Gasteiger partial charge on any atom is 0.226 e. The average Bonchev–Trinajstić information content (AvgIpc) is 3.35. The van der Waals surface area contributed by atoms with Crippen LogP contribution < -0.4 is 5.32 Å². The normalized spacial score (nSPS) is 46.4. The van der Waals surface area contributed by atoms with Crippen molar-refractivity contribution in [3.63, 3.8) is 0 Å². The number of carbonyl (C=O) groups excluding carboxylic acids is 1. The highest BCUT2D eigenvalue weighted by Crippen LogP contribution is 2.76. The van der Waals surface area contributed by atoms with Crippen LogP contribution in [0.1, 0.15) is 111 Å². The summed E-state index contributed by atoms with van der Waals surface area (Å²) in [6.07, 6.45) is 18.7. The van der Waals surface area contributed by atoms with Crippen LogP contribution in [0, 0.1) is 50.7 Å². The lowest BCUT2D eigenvalue weighted by atomic mass is 9.32. The Morgan fingerprint density at radius 1 is 0.923 bits per heavy atom. The Bertz CT molecular complexity index is 1070. The van der Waals surface area contributed by atoms with E-state index in [4.69, 9.17) is 4.74 Å². The molecule has 1 N–H and O–H groups in total. The van der Waals surface area contributed by atoms with E-state index in [0.717, 1.165) is 37.6 Å². The Labute approximate surface area is 237 Å². The van der Waals surface area contributed by atoms with E-state index in [9.17, 15) is 4.79 Å². The minimum absolute atomic E-state index is 0.137. The first kappa shape index (κ1) is 27.7. The fraction of sp³-hybridized carbons (Fsp3) is 0.829. The molecule has 4 nitrogen and oxygen atoms in total. The van der Waals surface area contributed by atoms with Crippen LogP contribution in [0.2, 0.25) is 0 Å². The molecule has 5 saturated carbocycles. The lowest BCUT2D eigenvalue weighted by molar-refractivity contribution is -0.246. The summed E-state index contributed by atoms with van der Waals surface area (Å²) < 4.78 is 6.06. The van der Waals surface area contributed by atoms with Gasteiger partial charge < -0.3 is 10.1 Å². The summed E-state index contributed by atoms with van der Waals surface area (Å²) in [5.74, 6) is 3.12. The summed E-state index contributed by atoms with van der Waals surface area (Å²) in [5.41, 5.74) is 2.40. The van der Waals surface area contributed by atoms with Crippen molar-refractivity contribution in [2.24, 2.45) is 50.7 Å². The summed E-state index contributed by atoms with van der Waals surface area (Å²) >= 11 is 0. The number of rotatable bonds is 5. The van der Waals surface area contributed by atoms with Gasteiger partial charge in [0.25, 0.3) is 0 Å². The third kappa shape index (κ3) is 3.85. The molecule has 1 aromatic heterocycles. The number of methoxy groups -OCH3 is 1. The molecule has 1 heterocycles. The molecule has 1 amide bonds. The van der Waals surface area contributed by atoms with E-state index in [2.05, 4.69) is 51.0 Å². The maximum absolute atomic E-state index is 14.0. The molecule has 0 aromatic carbocycles. The molecule has 5 aliphatic carbocycles. The number of nitrogens with zero attached hydrogens (tertiary/aromatic N) is 1. The van der Waals surface area contributed by atoms with Gasteiger partial charge in [-0.25, -0.2) is 0 Å². The van der Waals surface area contributed by atoms with Crippen LogP contribution in [-0.4, -0.2) is 30.6 Å². The van der Waals surface area contributed by atoms with Gasteiger partial charge in [0.15, 0.2) is 0 Å². The van der Waals surface area contributed by atoms with Crippen LogP contribution in [-0.2, 0) is 16.0 Å². The predicted molar refractivity (Wildman–Crippen MR) is 157 cm³/mol. The van der Waals surface area contributed by atoms with E-state index >= 15 is 0 Å². The van der Waals surface area contributed by atoms with E-state index in [-0.39, 0.29) is 10.8 Å². The molecule has 8 unspecified atom stereocenters. The third-order valence-electron chi connectivity index (χ3n) is 14.5. The van der Waals surface area contributed by atoms with E-state index in [1.165, 1.54) is 63.4 Å². The van der Waals surface area contributed by atoms with Crippen molar-refractivity contribution in [2.75, 3.05) is 13.7 Å². The summed E-state index contributed by atoms with van der Waals surface area (Å²) in [4.78, 5) is 18.2. The Balaban J connectivity index is 1.23. The van der Waals surface area contributed by atoms with E-state index in [0.29, 0.717) is 40.1 Å². The second kappa shape index (κ2) is 9.57. The molecule has 216 valence electrons. The Morgan fingerprint density at radius 3 is 2.49 bits per heavy atom. The Kier molecular flexibility index (Phi) is 6.80. The molecular weight excluding hydrogens is 480 g/mol. The molecule has 6 rings (SSSR count). The van der Waals surface area contributed by atoms with Crippen LogP contribution >= 0.6 is 0 Å². The van der Waals surface area contributed by atoms with Crippen molar-refractivity contribution >= 4 is 5.91 Å². The monoisotopic (exact) mass is 534 g/mol. The van der Waals surface area contributed by atoms with Gasteiger partial charge in [-0.05, 0) is 128 Å². The quantitative estimate of drug-likeness (QED) is 0.423. The first-order valence-electron chi connectivity index (χ1n) is 16.2. The fourth-order valence-electron chi connectivity index (χ4n) is 12.4. The number of fused-ring (bicyclic) bond motifs is 7. The zero-order valence-electron chi connectivity index (χ0n) is 25.7. The standard InChI is InChI=1S/C35H54N2O2/c1-31(2)27-13-18-34(5)28(32(27,3)17-14-29(31)39-6)12-11-25-26-10-7-16-35(26,20-19-33(25,34)4)30(38)37-22-15-24-9-8-21-36-23-24/h8-9,21,23,25-29H,7,10-20,22H2,1-6H3,(H,37,38)/t25?,26?,27?,28?,29?,32?,33-,34?,35?/m1/s1. The van der Waals surface area contributed by atoms with E-state index < -0.39 is 0 Å². The smallest absolute Gasteiger partial charge is 0.226 e. The first-order chi connectivity index (χ1) is 18.5. The highest BCUT2D eigenvalue weighted by Gasteiger charge is 2.70. The summed E-state index contributed by atoms with van der Waals surface area (Å²) in [5, 5.41) is 3.42. The first-order valence-corrected chi connectivity index (χ1v) is 16.2. The number of amides is 1. The second-order valence-electron chi connectivity index (χ2n) is 15.8. The van der Waals surface area contributed by atoms with Gasteiger partial charge in [0, 0.05) is 26.0 Å². The van der Waals surface area contributed by atoms with Crippen molar-refractivity contribution in [2.45, 2.75) is 118 Å². The molecule has 0 aliphatic heterocycles. The summed E-state index contributed by atoms with van der Waals surface area (Å²) in [6, 6.07) is 4.10. The summed E-state index contributed by atoms with van der Waals surface area (Å²) in [6.45, 7) is 13.8. The third-order valence-corrected chi connectivity index (χ3v) is 14.5. The van der Waals surface area contributed by atoms with Crippen LogP contribution in [0.15, 0.2) is 24.5 Å². The zero-order chi connectivity index (χ0) is 27.7. The van der Waals surface area contributed by atoms with Crippen LogP contribution in [0.5, 0.6) is 0 Å². The van der Waals surface area contributed by atoms with Crippen LogP contribution in [0.25, 0.3) is 0 Å². The SMILES string of the molecule is COC1CCC2(C)C(CCC3(C)C2CCC2C4CCCC4(C(=O)NCCc4cccnc4)CC[C@]23C)C1(C)C. The molecule has 5 aliphatic rings. The van der Waals surface area contributed by atoms with Gasteiger partial charge in [0.1, 0.15) is 0 Å². The van der Waals surface area contributed by atoms with Crippen molar-refractivity contribution in [3.8, 4) is 0 Å². The molecule has 39 heavy (non-hydrogen) atoms. The van der Waals surface area contributed by atoms with Crippen molar-refractivity contribution in [1.29, 1.82) is 0 Å². The number of hydrogen-bond acceptors (Lipinski definition) is 3. The molecule has 0 spiro atoms. The van der Waals surface area contributed by atoms with Crippen molar-refractivity contribution in [3.05, 3.63) is 30.1 Å². The minimum Gasteiger partial charge on any atom is -0.381 e. The number of nitrogens with one attached hydrogen (secondary N) is 1. The van der Waals surface area contributed by atoms with Gasteiger partial charge in [-0.3, -0.25) is 9.78 Å². The zero-order valence-corrected chi connectivity index (χ0v) is 25.7. The molecule has 9 atom stereocenters. The lowest BCUT2D eigenvalue weighted by Crippen LogP contribution is -2.67. The molecule has 5 fully saturated rings.